The Balaban J connectivity index is 1.16. The number of rotatable bonds is 9. The average molecular weight is 534 g/mol. The van der Waals surface area contributed by atoms with E-state index in [1.54, 1.807) is 17.0 Å². The van der Waals surface area contributed by atoms with Crippen LogP contribution in [0.3, 0.4) is 0 Å². The highest BCUT2D eigenvalue weighted by Crippen LogP contribution is 2.35. The molecule has 206 valence electrons. The zero-order valence-corrected chi connectivity index (χ0v) is 21.4. The monoisotopic (exact) mass is 533 g/mol. The van der Waals surface area contributed by atoms with Gasteiger partial charge in [0.15, 0.2) is 5.69 Å². The van der Waals surface area contributed by atoms with Crippen LogP contribution >= 0.6 is 0 Å². The number of nitrogens with one attached hydrogen (secondary N) is 1. The van der Waals surface area contributed by atoms with Crippen molar-refractivity contribution < 1.29 is 27.2 Å². The normalized spacial score (nSPS) is 19.0. The lowest BCUT2D eigenvalue weighted by molar-refractivity contribution is -0.141. The Kier molecular flexibility index (Phi) is 7.90. The van der Waals surface area contributed by atoms with Crippen LogP contribution in [0.1, 0.15) is 73.2 Å². The number of piperidine rings is 2. The number of nitrogens with zero attached hydrogens (tertiary/aromatic N) is 4. The molecule has 2 aromatic heterocycles. The Morgan fingerprint density at radius 3 is 2.34 bits per heavy atom. The summed E-state index contributed by atoms with van der Waals surface area (Å²) in [5.74, 6) is 0.382. The van der Waals surface area contributed by atoms with Crippen molar-refractivity contribution in [3.63, 3.8) is 0 Å². The van der Waals surface area contributed by atoms with E-state index < -0.39 is 23.4 Å². The molecule has 0 spiro atoms. The van der Waals surface area contributed by atoms with Gasteiger partial charge >= 0.3 is 6.18 Å². The Hall–Kier alpha value is -3.11. The number of carbonyl (C=O) groups excluding carboxylic acids is 2. The number of anilines is 2. The molecule has 3 fully saturated rings. The van der Waals surface area contributed by atoms with Crippen molar-refractivity contribution in [1.82, 2.24) is 15.3 Å². The summed E-state index contributed by atoms with van der Waals surface area (Å²) < 4.78 is 46.3. The summed E-state index contributed by atoms with van der Waals surface area (Å²) >= 11 is 0. The maximum absolute atomic E-state index is 13.6. The Morgan fingerprint density at radius 1 is 0.974 bits per heavy atom. The first-order chi connectivity index (χ1) is 18.3. The van der Waals surface area contributed by atoms with Gasteiger partial charge in [0.05, 0.1) is 0 Å². The highest BCUT2D eigenvalue weighted by molar-refractivity contribution is 5.96. The SMILES string of the molecule is O=C(CC1CCN(c2ccc(CC(=O)c3oc(N4CCCCC4)nc3C(F)(F)F)cn2)CC1)NCC1CC1. The van der Waals surface area contributed by atoms with Gasteiger partial charge in [0.25, 0.3) is 6.01 Å². The molecule has 0 aromatic carbocycles. The number of halogens is 3. The predicted molar refractivity (Wildman–Crippen MR) is 135 cm³/mol. The van der Waals surface area contributed by atoms with Crippen molar-refractivity contribution in [2.24, 2.45) is 11.8 Å². The van der Waals surface area contributed by atoms with Crippen LogP contribution in [0.4, 0.5) is 25.0 Å². The van der Waals surface area contributed by atoms with Gasteiger partial charge in [-0.15, -0.1) is 0 Å². The van der Waals surface area contributed by atoms with Crippen LogP contribution in [-0.2, 0) is 17.4 Å². The molecule has 4 heterocycles. The number of oxazole rings is 1. The van der Waals surface area contributed by atoms with E-state index in [1.165, 1.54) is 19.0 Å². The van der Waals surface area contributed by atoms with Crippen molar-refractivity contribution in [3.8, 4) is 0 Å². The topological polar surface area (TPSA) is 91.6 Å². The summed E-state index contributed by atoms with van der Waals surface area (Å²) in [4.78, 5) is 36.9. The number of alkyl halides is 3. The van der Waals surface area contributed by atoms with Crippen LogP contribution in [0.15, 0.2) is 22.7 Å². The van der Waals surface area contributed by atoms with Crippen LogP contribution < -0.4 is 15.1 Å². The molecule has 3 aliphatic rings. The third kappa shape index (κ3) is 6.66. The third-order valence-electron chi connectivity index (χ3n) is 7.64. The summed E-state index contributed by atoms with van der Waals surface area (Å²) in [6.07, 6.45) is 3.95. The Morgan fingerprint density at radius 2 is 1.71 bits per heavy atom. The average Bonchev–Trinajstić information content (AvgIpc) is 3.63. The van der Waals surface area contributed by atoms with E-state index in [4.69, 9.17) is 4.42 Å². The van der Waals surface area contributed by atoms with Gasteiger partial charge < -0.3 is 19.5 Å². The summed E-state index contributed by atoms with van der Waals surface area (Å²) in [7, 11) is 0. The summed E-state index contributed by atoms with van der Waals surface area (Å²) in [6, 6.07) is 3.36. The van der Waals surface area contributed by atoms with Crippen molar-refractivity contribution in [1.29, 1.82) is 0 Å². The molecule has 5 rings (SSSR count). The maximum Gasteiger partial charge on any atom is 0.437 e. The fraction of sp³-hybridized carbons (Fsp3) is 0.630. The first-order valence-corrected chi connectivity index (χ1v) is 13.6. The first-order valence-electron chi connectivity index (χ1n) is 13.6. The van der Waals surface area contributed by atoms with E-state index in [9.17, 15) is 22.8 Å². The number of hydrogen-bond acceptors (Lipinski definition) is 7. The smallest absolute Gasteiger partial charge is 0.420 e. The number of hydrogen-bond donors (Lipinski definition) is 1. The first kappa shape index (κ1) is 26.5. The molecule has 2 aliphatic heterocycles. The van der Waals surface area contributed by atoms with E-state index in [0.717, 1.165) is 57.6 Å². The van der Waals surface area contributed by atoms with Crippen molar-refractivity contribution >= 4 is 23.5 Å². The third-order valence-corrected chi connectivity index (χ3v) is 7.64. The number of aromatic nitrogens is 2. The molecule has 0 unspecified atom stereocenters. The molecule has 2 saturated heterocycles. The van der Waals surface area contributed by atoms with Crippen molar-refractivity contribution in [2.45, 2.75) is 64.0 Å². The van der Waals surface area contributed by atoms with Crippen LogP contribution in [0, 0.1) is 11.8 Å². The maximum atomic E-state index is 13.6. The minimum atomic E-state index is -4.78. The van der Waals surface area contributed by atoms with E-state index in [-0.39, 0.29) is 18.3 Å². The van der Waals surface area contributed by atoms with Crippen LogP contribution in [0.2, 0.25) is 0 Å². The standard InChI is InChI=1S/C27H34F3N5O3/c28-27(29,30)25-24(38-26(33-25)35-10-2-1-3-11-35)21(36)14-20-6-7-22(31-17-20)34-12-8-18(9-13-34)15-23(37)32-16-19-4-5-19/h6-7,17-19H,1-5,8-16H2,(H,32,37). The van der Waals surface area contributed by atoms with Crippen molar-refractivity contribution in [2.75, 3.05) is 42.5 Å². The molecule has 1 aliphatic carbocycles. The number of amides is 1. The number of Topliss-reactive ketones (excluding diaryl/α,β-unsaturated/α-hetero) is 1. The number of carbonyl (C=O) groups is 2. The van der Waals surface area contributed by atoms with Crippen LogP contribution in [-0.4, -0.2) is 54.4 Å². The largest absolute Gasteiger partial charge is 0.437 e. The van der Waals surface area contributed by atoms with Gasteiger partial charge in [-0.3, -0.25) is 9.59 Å². The second-order valence-electron chi connectivity index (χ2n) is 10.7. The molecular weight excluding hydrogens is 499 g/mol. The molecule has 1 saturated carbocycles. The lowest BCUT2D eigenvalue weighted by atomic mass is 9.93. The van der Waals surface area contributed by atoms with Crippen LogP contribution in [0.5, 0.6) is 0 Å². The van der Waals surface area contributed by atoms with Gasteiger partial charge in [0.1, 0.15) is 5.82 Å². The zero-order chi connectivity index (χ0) is 26.7. The molecule has 1 amide bonds. The molecule has 8 nitrogen and oxygen atoms in total. The molecule has 2 aromatic rings. The van der Waals surface area contributed by atoms with E-state index in [0.29, 0.717) is 36.9 Å². The lowest BCUT2D eigenvalue weighted by Gasteiger charge is -2.32. The van der Waals surface area contributed by atoms with E-state index in [1.807, 2.05) is 0 Å². The molecule has 0 atom stereocenters. The fourth-order valence-corrected chi connectivity index (χ4v) is 5.17. The second kappa shape index (κ2) is 11.3. The van der Waals surface area contributed by atoms with Crippen LogP contribution in [0.25, 0.3) is 0 Å². The number of ketones is 1. The molecule has 11 heteroatoms. The second-order valence-corrected chi connectivity index (χ2v) is 10.7. The van der Waals surface area contributed by atoms with Crippen molar-refractivity contribution in [3.05, 3.63) is 35.3 Å². The van der Waals surface area contributed by atoms with Gasteiger partial charge in [-0.05, 0) is 68.4 Å². The highest BCUT2D eigenvalue weighted by Gasteiger charge is 2.41. The Labute approximate surface area is 220 Å². The minimum absolute atomic E-state index is 0.131. The summed E-state index contributed by atoms with van der Waals surface area (Å²) in [5, 5.41) is 3.03. The fourth-order valence-electron chi connectivity index (χ4n) is 5.17. The van der Waals surface area contributed by atoms with Gasteiger partial charge in [0.2, 0.25) is 17.5 Å². The van der Waals surface area contributed by atoms with E-state index >= 15 is 0 Å². The minimum Gasteiger partial charge on any atom is -0.420 e. The molecule has 38 heavy (non-hydrogen) atoms. The summed E-state index contributed by atoms with van der Waals surface area (Å²) in [6.45, 7) is 3.46. The molecule has 1 N–H and O–H groups in total. The zero-order valence-electron chi connectivity index (χ0n) is 21.4. The summed E-state index contributed by atoms with van der Waals surface area (Å²) in [5.41, 5.74) is -0.762. The van der Waals surface area contributed by atoms with Gasteiger partial charge in [-0.1, -0.05) is 6.07 Å². The van der Waals surface area contributed by atoms with E-state index in [2.05, 4.69) is 20.2 Å². The van der Waals surface area contributed by atoms with Gasteiger partial charge in [-0.2, -0.15) is 18.2 Å². The molecule has 0 radical (unpaired) electrons. The molecular formula is C27H34F3N5O3. The lowest BCUT2D eigenvalue weighted by Crippen LogP contribution is -2.36. The molecule has 0 bridgehead atoms. The number of pyridine rings is 1. The Bertz CT molecular complexity index is 1120. The van der Waals surface area contributed by atoms with Gasteiger partial charge in [-0.25, -0.2) is 4.98 Å². The predicted octanol–water partition coefficient (Wildman–Crippen LogP) is 4.64. The quantitative estimate of drug-likeness (QED) is 0.470. The van der Waals surface area contributed by atoms with Gasteiger partial charge in [0, 0.05) is 51.8 Å². The highest BCUT2D eigenvalue weighted by atomic mass is 19.4.